The summed E-state index contributed by atoms with van der Waals surface area (Å²) in [6.07, 6.45) is 2.28. The van der Waals surface area contributed by atoms with Crippen LogP contribution in [0.5, 0.6) is 0 Å². The molecule has 0 bridgehead atoms. The fourth-order valence-corrected chi connectivity index (χ4v) is 2.10. The SMILES string of the molecule is Cn1cc(NC(=O)C2CC(c3cc(F)ccc3F)=NO2)cn1. The van der Waals surface area contributed by atoms with Gasteiger partial charge < -0.3 is 10.2 Å². The van der Waals surface area contributed by atoms with Crippen molar-refractivity contribution >= 4 is 17.3 Å². The van der Waals surface area contributed by atoms with Crippen molar-refractivity contribution in [3.63, 3.8) is 0 Å². The largest absolute Gasteiger partial charge is 0.382 e. The van der Waals surface area contributed by atoms with Crippen LogP contribution in [0.15, 0.2) is 35.7 Å². The lowest BCUT2D eigenvalue weighted by atomic mass is 10.0. The van der Waals surface area contributed by atoms with Crippen LogP contribution in [0.25, 0.3) is 0 Å². The number of anilines is 1. The van der Waals surface area contributed by atoms with Crippen LogP contribution in [-0.2, 0) is 16.7 Å². The molecule has 1 aliphatic rings. The van der Waals surface area contributed by atoms with Gasteiger partial charge in [0.2, 0.25) is 6.10 Å². The van der Waals surface area contributed by atoms with E-state index in [1.807, 2.05) is 0 Å². The van der Waals surface area contributed by atoms with Gasteiger partial charge in [0.1, 0.15) is 11.6 Å². The molecule has 1 atom stereocenters. The van der Waals surface area contributed by atoms with Crippen molar-refractivity contribution in [3.05, 3.63) is 47.8 Å². The highest BCUT2D eigenvalue weighted by Gasteiger charge is 2.30. The standard InChI is InChI=1S/C14H12F2N4O2/c1-20-7-9(6-17-20)18-14(21)13-5-12(19-22-13)10-4-8(15)2-3-11(10)16/h2-4,6-7,13H,5H2,1H3,(H,18,21). The molecule has 0 aliphatic carbocycles. The molecular weight excluding hydrogens is 294 g/mol. The Bertz CT molecular complexity index is 757. The second kappa shape index (κ2) is 5.55. The van der Waals surface area contributed by atoms with Gasteiger partial charge in [-0.3, -0.25) is 9.48 Å². The first-order valence-electron chi connectivity index (χ1n) is 6.50. The van der Waals surface area contributed by atoms with Crippen molar-refractivity contribution in [1.82, 2.24) is 9.78 Å². The van der Waals surface area contributed by atoms with Crippen LogP contribution in [0.2, 0.25) is 0 Å². The van der Waals surface area contributed by atoms with E-state index in [0.717, 1.165) is 18.2 Å². The summed E-state index contributed by atoms with van der Waals surface area (Å²) in [5, 5.41) is 10.2. The highest BCUT2D eigenvalue weighted by atomic mass is 19.1. The van der Waals surface area contributed by atoms with Crippen molar-refractivity contribution in [2.24, 2.45) is 12.2 Å². The second-order valence-corrected chi connectivity index (χ2v) is 4.85. The number of halogens is 2. The van der Waals surface area contributed by atoms with Crippen LogP contribution in [0.1, 0.15) is 12.0 Å². The van der Waals surface area contributed by atoms with E-state index in [1.54, 1.807) is 13.2 Å². The molecule has 1 amide bonds. The monoisotopic (exact) mass is 306 g/mol. The summed E-state index contributed by atoms with van der Waals surface area (Å²) in [7, 11) is 1.72. The van der Waals surface area contributed by atoms with Crippen molar-refractivity contribution in [2.75, 3.05) is 5.32 Å². The number of benzene rings is 1. The van der Waals surface area contributed by atoms with Gasteiger partial charge >= 0.3 is 0 Å². The number of aromatic nitrogens is 2. The lowest BCUT2D eigenvalue weighted by molar-refractivity contribution is -0.125. The Kier molecular flexibility index (Phi) is 3.58. The van der Waals surface area contributed by atoms with E-state index >= 15 is 0 Å². The molecule has 2 heterocycles. The maximum Gasteiger partial charge on any atom is 0.268 e. The lowest BCUT2D eigenvalue weighted by Crippen LogP contribution is -2.28. The third kappa shape index (κ3) is 2.80. The van der Waals surface area contributed by atoms with Gasteiger partial charge in [-0.2, -0.15) is 5.10 Å². The molecule has 1 aromatic carbocycles. The summed E-state index contributed by atoms with van der Waals surface area (Å²) < 4.78 is 28.4. The molecule has 0 radical (unpaired) electrons. The van der Waals surface area contributed by atoms with Gasteiger partial charge in [0.25, 0.3) is 5.91 Å². The Morgan fingerprint density at radius 1 is 1.45 bits per heavy atom. The van der Waals surface area contributed by atoms with Crippen LogP contribution in [0, 0.1) is 11.6 Å². The first kappa shape index (κ1) is 14.2. The fraction of sp³-hybridized carbons (Fsp3) is 0.214. The molecule has 1 aliphatic heterocycles. The molecule has 114 valence electrons. The van der Waals surface area contributed by atoms with E-state index in [4.69, 9.17) is 4.84 Å². The third-order valence-corrected chi connectivity index (χ3v) is 3.17. The van der Waals surface area contributed by atoms with Gasteiger partial charge in [0.05, 0.1) is 17.6 Å². The van der Waals surface area contributed by atoms with Crippen LogP contribution >= 0.6 is 0 Å². The Morgan fingerprint density at radius 2 is 2.27 bits per heavy atom. The fourth-order valence-electron chi connectivity index (χ4n) is 2.10. The molecule has 0 saturated carbocycles. The molecule has 2 aromatic rings. The number of carbonyl (C=O) groups is 1. The van der Waals surface area contributed by atoms with E-state index < -0.39 is 23.6 Å². The number of amides is 1. The molecule has 22 heavy (non-hydrogen) atoms. The minimum absolute atomic E-state index is 0.00308. The number of rotatable bonds is 3. The first-order chi connectivity index (χ1) is 10.5. The van der Waals surface area contributed by atoms with E-state index in [2.05, 4.69) is 15.6 Å². The van der Waals surface area contributed by atoms with Gasteiger partial charge in [-0.25, -0.2) is 8.78 Å². The average Bonchev–Trinajstić information content (AvgIpc) is 3.11. The molecular formula is C14H12F2N4O2. The van der Waals surface area contributed by atoms with E-state index in [0.29, 0.717) is 5.69 Å². The highest BCUT2D eigenvalue weighted by molar-refractivity contribution is 6.06. The predicted molar refractivity (Wildman–Crippen MR) is 74.2 cm³/mol. The molecule has 0 spiro atoms. The van der Waals surface area contributed by atoms with Crippen molar-refractivity contribution in [1.29, 1.82) is 0 Å². The molecule has 8 heteroatoms. The van der Waals surface area contributed by atoms with Gasteiger partial charge in [0, 0.05) is 25.2 Å². The topological polar surface area (TPSA) is 68.5 Å². The number of nitrogens with zero attached hydrogens (tertiary/aromatic N) is 3. The van der Waals surface area contributed by atoms with Crippen LogP contribution in [-0.4, -0.2) is 27.5 Å². The number of nitrogens with one attached hydrogen (secondary N) is 1. The zero-order valence-corrected chi connectivity index (χ0v) is 11.6. The number of hydrogen-bond donors (Lipinski definition) is 1. The van der Waals surface area contributed by atoms with Crippen molar-refractivity contribution in [3.8, 4) is 0 Å². The summed E-state index contributed by atoms with van der Waals surface area (Å²) in [5.74, 6) is -1.62. The summed E-state index contributed by atoms with van der Waals surface area (Å²) in [4.78, 5) is 17.1. The third-order valence-electron chi connectivity index (χ3n) is 3.17. The first-order valence-corrected chi connectivity index (χ1v) is 6.50. The van der Waals surface area contributed by atoms with Gasteiger partial charge in [0.15, 0.2) is 0 Å². The van der Waals surface area contributed by atoms with Crippen LogP contribution in [0.4, 0.5) is 14.5 Å². The lowest BCUT2D eigenvalue weighted by Gasteiger charge is -2.07. The molecule has 1 N–H and O–H groups in total. The van der Waals surface area contributed by atoms with E-state index in [-0.39, 0.29) is 17.7 Å². The molecule has 1 aromatic heterocycles. The maximum absolute atomic E-state index is 13.7. The Morgan fingerprint density at radius 3 is 3.00 bits per heavy atom. The molecule has 6 nitrogen and oxygen atoms in total. The normalized spacial score (nSPS) is 17.0. The number of hydrogen-bond acceptors (Lipinski definition) is 4. The molecule has 1 unspecified atom stereocenters. The Hall–Kier alpha value is -2.77. The zero-order chi connectivity index (χ0) is 15.7. The molecule has 3 rings (SSSR count). The molecule has 0 fully saturated rings. The number of oxime groups is 1. The highest BCUT2D eigenvalue weighted by Crippen LogP contribution is 2.21. The summed E-state index contributed by atoms with van der Waals surface area (Å²) in [6.45, 7) is 0. The van der Waals surface area contributed by atoms with Gasteiger partial charge in [-0.05, 0) is 18.2 Å². The van der Waals surface area contributed by atoms with Crippen molar-refractivity contribution < 1.29 is 18.4 Å². The van der Waals surface area contributed by atoms with Gasteiger partial charge in [-0.15, -0.1) is 0 Å². The van der Waals surface area contributed by atoms with Crippen LogP contribution < -0.4 is 5.32 Å². The minimum Gasteiger partial charge on any atom is -0.382 e. The number of carbonyl (C=O) groups excluding carboxylic acids is 1. The Labute approximate surface area is 124 Å². The Balaban J connectivity index is 1.68. The average molecular weight is 306 g/mol. The summed E-state index contributed by atoms with van der Waals surface area (Å²) >= 11 is 0. The zero-order valence-electron chi connectivity index (χ0n) is 11.6. The quantitative estimate of drug-likeness (QED) is 0.940. The van der Waals surface area contributed by atoms with Gasteiger partial charge in [-0.1, -0.05) is 5.16 Å². The van der Waals surface area contributed by atoms with Crippen LogP contribution in [0.3, 0.4) is 0 Å². The minimum atomic E-state index is -0.891. The van der Waals surface area contributed by atoms with Crippen molar-refractivity contribution in [2.45, 2.75) is 12.5 Å². The summed E-state index contributed by atoms with van der Waals surface area (Å²) in [5.41, 5.74) is 0.710. The number of aryl methyl sites for hydroxylation is 1. The maximum atomic E-state index is 13.7. The van der Waals surface area contributed by atoms with E-state index in [9.17, 15) is 13.6 Å². The smallest absolute Gasteiger partial charge is 0.268 e. The predicted octanol–water partition coefficient (Wildman–Crippen LogP) is 1.83. The summed E-state index contributed by atoms with van der Waals surface area (Å²) in [6, 6.07) is 3.05. The second-order valence-electron chi connectivity index (χ2n) is 4.85. The molecule has 0 saturated heterocycles. The van der Waals surface area contributed by atoms with E-state index in [1.165, 1.54) is 10.9 Å².